The second-order valence-corrected chi connectivity index (χ2v) is 4.36. The standard InChI is InChI=1S/C10H15N3O2/c1-7-5-13(10(2,3)4)9(15)12-8(7)11-6-14/h5-6H,1-4H3,(H,11,12,14,15). The predicted molar refractivity (Wildman–Crippen MR) is 57.9 cm³/mol. The maximum Gasteiger partial charge on any atom is 0.350 e. The van der Waals surface area contributed by atoms with Crippen molar-refractivity contribution in [1.29, 1.82) is 0 Å². The quantitative estimate of drug-likeness (QED) is 0.735. The Bertz CT molecular complexity index is 429. The molecule has 1 aromatic heterocycles. The van der Waals surface area contributed by atoms with Crippen molar-refractivity contribution in [2.24, 2.45) is 0 Å². The van der Waals surface area contributed by atoms with Gasteiger partial charge in [-0.1, -0.05) is 0 Å². The average Bonchev–Trinajstić information content (AvgIpc) is 2.09. The van der Waals surface area contributed by atoms with E-state index in [1.165, 1.54) is 4.57 Å². The Balaban J connectivity index is 3.32. The van der Waals surface area contributed by atoms with E-state index in [2.05, 4.69) is 10.3 Å². The minimum absolute atomic E-state index is 0.311. The number of nitrogens with one attached hydrogen (secondary N) is 1. The number of nitrogens with zero attached hydrogens (tertiary/aromatic N) is 2. The summed E-state index contributed by atoms with van der Waals surface area (Å²) in [6.45, 7) is 7.55. The molecule has 0 aliphatic rings. The van der Waals surface area contributed by atoms with Crippen LogP contribution in [0.25, 0.3) is 0 Å². The highest BCUT2D eigenvalue weighted by Crippen LogP contribution is 2.13. The molecule has 0 radical (unpaired) electrons. The molecule has 5 heteroatoms. The van der Waals surface area contributed by atoms with Crippen molar-refractivity contribution in [2.45, 2.75) is 33.2 Å². The van der Waals surface area contributed by atoms with Crippen LogP contribution in [0.4, 0.5) is 5.82 Å². The molecule has 82 valence electrons. The lowest BCUT2D eigenvalue weighted by atomic mass is 10.1. The highest BCUT2D eigenvalue weighted by molar-refractivity contribution is 5.70. The topological polar surface area (TPSA) is 64.0 Å². The summed E-state index contributed by atoms with van der Waals surface area (Å²) in [5.74, 6) is 0.315. The highest BCUT2D eigenvalue weighted by atomic mass is 16.1. The van der Waals surface area contributed by atoms with E-state index in [4.69, 9.17) is 0 Å². The number of aromatic nitrogens is 2. The van der Waals surface area contributed by atoms with Crippen LogP contribution in [-0.2, 0) is 10.3 Å². The van der Waals surface area contributed by atoms with Crippen LogP contribution >= 0.6 is 0 Å². The molecule has 0 aliphatic carbocycles. The summed E-state index contributed by atoms with van der Waals surface area (Å²) in [6.07, 6.45) is 2.21. The van der Waals surface area contributed by atoms with Crippen molar-refractivity contribution < 1.29 is 4.79 Å². The summed E-state index contributed by atoms with van der Waals surface area (Å²) >= 11 is 0. The molecule has 1 rings (SSSR count). The van der Waals surface area contributed by atoms with Crippen LogP contribution in [0.15, 0.2) is 11.0 Å². The lowest BCUT2D eigenvalue weighted by Gasteiger charge is -2.22. The highest BCUT2D eigenvalue weighted by Gasteiger charge is 2.16. The number of amides is 1. The molecule has 0 bridgehead atoms. The molecule has 0 fully saturated rings. The van der Waals surface area contributed by atoms with Gasteiger partial charge in [-0.25, -0.2) is 4.79 Å². The fourth-order valence-electron chi connectivity index (χ4n) is 1.23. The molecule has 0 atom stereocenters. The van der Waals surface area contributed by atoms with Crippen LogP contribution in [0.1, 0.15) is 26.3 Å². The molecule has 0 aliphatic heterocycles. The van der Waals surface area contributed by atoms with Gasteiger partial charge in [-0.2, -0.15) is 4.98 Å². The maximum absolute atomic E-state index is 11.6. The van der Waals surface area contributed by atoms with Gasteiger partial charge in [0.05, 0.1) is 0 Å². The first-order valence-corrected chi connectivity index (χ1v) is 4.67. The molecule has 0 spiro atoms. The molecule has 1 aromatic rings. The van der Waals surface area contributed by atoms with Crippen LogP contribution in [0, 0.1) is 6.92 Å². The summed E-state index contributed by atoms with van der Waals surface area (Å²) in [7, 11) is 0. The third-order valence-corrected chi connectivity index (χ3v) is 2.03. The van der Waals surface area contributed by atoms with Crippen LogP contribution < -0.4 is 11.0 Å². The van der Waals surface area contributed by atoms with Crippen molar-refractivity contribution in [1.82, 2.24) is 9.55 Å². The van der Waals surface area contributed by atoms with Gasteiger partial charge in [0, 0.05) is 17.3 Å². The lowest BCUT2D eigenvalue weighted by Crippen LogP contribution is -2.35. The number of hydrogen-bond donors (Lipinski definition) is 1. The van der Waals surface area contributed by atoms with Gasteiger partial charge in [-0.15, -0.1) is 0 Å². The van der Waals surface area contributed by atoms with Crippen LogP contribution in [-0.4, -0.2) is 16.0 Å². The zero-order valence-electron chi connectivity index (χ0n) is 9.37. The van der Waals surface area contributed by atoms with Crippen molar-refractivity contribution in [3.05, 3.63) is 22.2 Å². The first kappa shape index (κ1) is 11.4. The third kappa shape index (κ3) is 2.43. The van der Waals surface area contributed by atoms with Crippen LogP contribution in [0.3, 0.4) is 0 Å². The Morgan fingerprint density at radius 3 is 2.53 bits per heavy atom. The van der Waals surface area contributed by atoms with Gasteiger partial charge in [0.25, 0.3) is 0 Å². The SMILES string of the molecule is Cc1cn(C(C)(C)C)c(=O)nc1NC=O. The fourth-order valence-corrected chi connectivity index (χ4v) is 1.23. The number of rotatable bonds is 2. The second-order valence-electron chi connectivity index (χ2n) is 4.36. The Morgan fingerprint density at radius 1 is 1.47 bits per heavy atom. The summed E-state index contributed by atoms with van der Waals surface area (Å²) in [5.41, 5.74) is 0.0863. The molecule has 0 saturated carbocycles. The van der Waals surface area contributed by atoms with Gasteiger partial charge < -0.3 is 5.32 Å². The van der Waals surface area contributed by atoms with Gasteiger partial charge in [0.15, 0.2) is 0 Å². The molecule has 1 amide bonds. The van der Waals surface area contributed by atoms with Gasteiger partial charge in [0.2, 0.25) is 6.41 Å². The fraction of sp³-hybridized carbons (Fsp3) is 0.500. The Hall–Kier alpha value is -1.65. The van der Waals surface area contributed by atoms with E-state index in [-0.39, 0.29) is 11.2 Å². The normalized spacial score (nSPS) is 11.2. The Morgan fingerprint density at radius 2 is 2.07 bits per heavy atom. The Labute approximate surface area is 88.1 Å². The number of carbonyl (C=O) groups is 1. The van der Waals surface area contributed by atoms with E-state index in [0.29, 0.717) is 12.2 Å². The van der Waals surface area contributed by atoms with E-state index in [0.717, 1.165) is 5.56 Å². The van der Waals surface area contributed by atoms with E-state index in [1.54, 1.807) is 13.1 Å². The number of hydrogen-bond acceptors (Lipinski definition) is 3. The van der Waals surface area contributed by atoms with E-state index in [1.807, 2.05) is 20.8 Å². The lowest BCUT2D eigenvalue weighted by molar-refractivity contribution is -0.105. The second kappa shape index (κ2) is 3.84. The number of aryl methyl sites for hydroxylation is 1. The molecule has 1 heterocycles. The number of carbonyl (C=O) groups excluding carboxylic acids is 1. The minimum Gasteiger partial charge on any atom is -0.313 e. The van der Waals surface area contributed by atoms with Crippen molar-refractivity contribution in [2.75, 3.05) is 5.32 Å². The summed E-state index contributed by atoms with van der Waals surface area (Å²) in [4.78, 5) is 25.7. The maximum atomic E-state index is 11.6. The zero-order chi connectivity index (χ0) is 11.6. The number of anilines is 1. The molecular formula is C10H15N3O2. The minimum atomic E-state index is -0.363. The van der Waals surface area contributed by atoms with E-state index < -0.39 is 0 Å². The molecule has 1 N–H and O–H groups in total. The van der Waals surface area contributed by atoms with Crippen LogP contribution in [0.5, 0.6) is 0 Å². The first-order chi connectivity index (χ1) is 6.86. The predicted octanol–water partition coefficient (Wildman–Crippen LogP) is 0.875. The summed E-state index contributed by atoms with van der Waals surface area (Å²) < 4.78 is 1.54. The van der Waals surface area contributed by atoms with Gasteiger partial charge in [0.1, 0.15) is 5.82 Å². The summed E-state index contributed by atoms with van der Waals surface area (Å²) in [5, 5.41) is 2.39. The van der Waals surface area contributed by atoms with Crippen molar-refractivity contribution in [3.63, 3.8) is 0 Å². The van der Waals surface area contributed by atoms with E-state index >= 15 is 0 Å². The molecule has 5 nitrogen and oxygen atoms in total. The third-order valence-electron chi connectivity index (χ3n) is 2.03. The molecular weight excluding hydrogens is 194 g/mol. The van der Waals surface area contributed by atoms with Crippen molar-refractivity contribution >= 4 is 12.2 Å². The van der Waals surface area contributed by atoms with Crippen LogP contribution in [0.2, 0.25) is 0 Å². The largest absolute Gasteiger partial charge is 0.350 e. The first-order valence-electron chi connectivity index (χ1n) is 4.67. The Kier molecular flexibility index (Phi) is 2.93. The molecule has 0 aromatic carbocycles. The van der Waals surface area contributed by atoms with Gasteiger partial charge in [-0.05, 0) is 27.7 Å². The van der Waals surface area contributed by atoms with E-state index in [9.17, 15) is 9.59 Å². The smallest absolute Gasteiger partial charge is 0.313 e. The van der Waals surface area contributed by atoms with Crippen molar-refractivity contribution in [3.8, 4) is 0 Å². The molecule has 0 saturated heterocycles. The zero-order valence-corrected chi connectivity index (χ0v) is 9.37. The average molecular weight is 209 g/mol. The molecule has 0 unspecified atom stereocenters. The monoisotopic (exact) mass is 209 g/mol. The van der Waals surface area contributed by atoms with Gasteiger partial charge >= 0.3 is 5.69 Å². The summed E-state index contributed by atoms with van der Waals surface area (Å²) in [6, 6.07) is 0. The molecule has 15 heavy (non-hydrogen) atoms. The van der Waals surface area contributed by atoms with Gasteiger partial charge in [-0.3, -0.25) is 9.36 Å².